The lowest BCUT2D eigenvalue weighted by Gasteiger charge is -2.34. The molecule has 3 unspecified atom stereocenters. The first kappa shape index (κ1) is 13.4. The van der Waals surface area contributed by atoms with Gasteiger partial charge in [-0.1, -0.05) is 31.4 Å². The van der Waals surface area contributed by atoms with Crippen LogP contribution in [0.4, 0.5) is 0 Å². The third-order valence-electron chi connectivity index (χ3n) is 3.94. The maximum atomic E-state index is 6.26. The first-order chi connectivity index (χ1) is 8.19. The van der Waals surface area contributed by atoms with Crippen LogP contribution in [0.3, 0.4) is 0 Å². The quantitative estimate of drug-likeness (QED) is 0.858. The summed E-state index contributed by atoms with van der Waals surface area (Å²) in [6, 6.07) is 4.55. The van der Waals surface area contributed by atoms with Crippen molar-refractivity contribution in [3.05, 3.63) is 21.3 Å². The summed E-state index contributed by atoms with van der Waals surface area (Å²) >= 11 is 7.69. The molecular formula is C14H22ClNS. The Morgan fingerprint density at radius 1 is 1.41 bits per heavy atom. The molecule has 1 aliphatic rings. The van der Waals surface area contributed by atoms with Crippen molar-refractivity contribution in [3.63, 3.8) is 0 Å². The minimum atomic E-state index is 0.393. The highest BCUT2D eigenvalue weighted by Gasteiger charge is 2.27. The van der Waals surface area contributed by atoms with Crippen LogP contribution in [0.2, 0.25) is 4.34 Å². The van der Waals surface area contributed by atoms with E-state index in [1.54, 1.807) is 11.3 Å². The Bertz CT molecular complexity index is 350. The molecule has 1 nitrogen and oxygen atoms in total. The van der Waals surface area contributed by atoms with Gasteiger partial charge in [0.05, 0.1) is 4.34 Å². The highest BCUT2D eigenvalue weighted by atomic mass is 35.5. The molecule has 1 heterocycles. The minimum absolute atomic E-state index is 0.393. The molecule has 0 aromatic carbocycles. The van der Waals surface area contributed by atoms with Gasteiger partial charge in [0.1, 0.15) is 0 Å². The number of hydrogen-bond donors (Lipinski definition) is 1. The smallest absolute Gasteiger partial charge is 0.0931 e. The van der Waals surface area contributed by atoms with Gasteiger partial charge in [0.15, 0.2) is 0 Å². The lowest BCUT2D eigenvalue weighted by molar-refractivity contribution is 0.222. The number of rotatable bonds is 4. The van der Waals surface area contributed by atoms with Crippen LogP contribution in [0, 0.1) is 11.8 Å². The summed E-state index contributed by atoms with van der Waals surface area (Å²) in [5.41, 5.74) is 6.26. The van der Waals surface area contributed by atoms with Gasteiger partial charge < -0.3 is 5.73 Å². The Balaban J connectivity index is 1.93. The van der Waals surface area contributed by atoms with E-state index in [0.29, 0.717) is 12.0 Å². The van der Waals surface area contributed by atoms with Crippen molar-refractivity contribution < 1.29 is 0 Å². The zero-order chi connectivity index (χ0) is 12.3. The fraction of sp³-hybridized carbons (Fsp3) is 0.714. The van der Waals surface area contributed by atoms with Gasteiger partial charge in [0.2, 0.25) is 0 Å². The van der Waals surface area contributed by atoms with Crippen LogP contribution in [-0.2, 0) is 6.42 Å². The fourth-order valence-corrected chi connectivity index (χ4v) is 4.19. The van der Waals surface area contributed by atoms with Crippen LogP contribution in [0.15, 0.2) is 12.1 Å². The first-order valence-corrected chi connectivity index (χ1v) is 7.88. The SMILES string of the molecule is CCCC1CCC(N)C(Cc2ccc(Cl)s2)C1. The van der Waals surface area contributed by atoms with Crippen molar-refractivity contribution in [2.75, 3.05) is 0 Å². The summed E-state index contributed by atoms with van der Waals surface area (Å²) in [5, 5.41) is 0. The highest BCUT2D eigenvalue weighted by Crippen LogP contribution is 2.35. The molecule has 1 aromatic rings. The standard InChI is InChI=1S/C14H22ClNS/c1-2-3-10-4-6-13(16)11(8-10)9-12-5-7-14(15)17-12/h5,7,10-11,13H,2-4,6,8-9,16H2,1H3. The van der Waals surface area contributed by atoms with Gasteiger partial charge in [0, 0.05) is 10.9 Å². The molecule has 3 atom stereocenters. The van der Waals surface area contributed by atoms with E-state index in [-0.39, 0.29) is 0 Å². The first-order valence-electron chi connectivity index (χ1n) is 6.68. The van der Waals surface area contributed by atoms with Gasteiger partial charge in [-0.05, 0) is 49.7 Å². The summed E-state index contributed by atoms with van der Waals surface area (Å²) in [6.07, 6.45) is 7.64. The van der Waals surface area contributed by atoms with E-state index >= 15 is 0 Å². The molecule has 0 amide bonds. The largest absolute Gasteiger partial charge is 0.327 e. The van der Waals surface area contributed by atoms with Crippen LogP contribution in [0.1, 0.15) is 43.9 Å². The molecule has 0 bridgehead atoms. The van der Waals surface area contributed by atoms with E-state index in [4.69, 9.17) is 17.3 Å². The second kappa shape index (κ2) is 6.21. The lowest BCUT2D eigenvalue weighted by Crippen LogP contribution is -2.37. The Hall–Kier alpha value is -0.0500. The summed E-state index contributed by atoms with van der Waals surface area (Å²) in [4.78, 5) is 1.40. The van der Waals surface area contributed by atoms with Crippen LogP contribution >= 0.6 is 22.9 Å². The number of hydrogen-bond acceptors (Lipinski definition) is 2. The number of thiophene rings is 1. The van der Waals surface area contributed by atoms with E-state index in [1.807, 2.05) is 6.07 Å². The Kier molecular flexibility index (Phi) is 4.89. The van der Waals surface area contributed by atoms with Gasteiger partial charge in [-0.25, -0.2) is 0 Å². The van der Waals surface area contributed by atoms with E-state index in [2.05, 4.69) is 13.0 Å². The predicted molar refractivity (Wildman–Crippen MR) is 76.7 cm³/mol. The fourth-order valence-electron chi connectivity index (χ4n) is 3.01. The third kappa shape index (κ3) is 3.70. The molecule has 1 fully saturated rings. The van der Waals surface area contributed by atoms with Crippen LogP contribution < -0.4 is 5.73 Å². The minimum Gasteiger partial charge on any atom is -0.327 e. The molecule has 17 heavy (non-hydrogen) atoms. The van der Waals surface area contributed by atoms with Crippen LogP contribution in [0.25, 0.3) is 0 Å². The number of nitrogens with two attached hydrogens (primary N) is 1. The van der Waals surface area contributed by atoms with E-state index < -0.39 is 0 Å². The van der Waals surface area contributed by atoms with Gasteiger partial charge in [-0.15, -0.1) is 11.3 Å². The summed E-state index contributed by atoms with van der Waals surface area (Å²) in [7, 11) is 0. The molecule has 2 N–H and O–H groups in total. The van der Waals surface area contributed by atoms with Gasteiger partial charge >= 0.3 is 0 Å². The average Bonchev–Trinajstić information content (AvgIpc) is 2.69. The Morgan fingerprint density at radius 3 is 2.88 bits per heavy atom. The molecule has 0 aliphatic heterocycles. The molecule has 1 aliphatic carbocycles. The van der Waals surface area contributed by atoms with Gasteiger partial charge in [0.25, 0.3) is 0 Å². The van der Waals surface area contributed by atoms with Crippen molar-refractivity contribution in [2.24, 2.45) is 17.6 Å². The van der Waals surface area contributed by atoms with E-state index in [9.17, 15) is 0 Å². The molecule has 0 spiro atoms. The van der Waals surface area contributed by atoms with E-state index in [0.717, 1.165) is 16.7 Å². The Morgan fingerprint density at radius 2 is 2.24 bits per heavy atom. The average molecular weight is 272 g/mol. The second-order valence-corrected chi connectivity index (χ2v) is 7.10. The van der Waals surface area contributed by atoms with Crippen molar-refractivity contribution in [2.45, 2.75) is 51.5 Å². The molecule has 96 valence electrons. The third-order valence-corrected chi connectivity index (χ3v) is 5.19. The molecule has 2 rings (SSSR count). The zero-order valence-electron chi connectivity index (χ0n) is 10.5. The maximum Gasteiger partial charge on any atom is 0.0931 e. The molecule has 1 saturated carbocycles. The van der Waals surface area contributed by atoms with Crippen molar-refractivity contribution in [1.82, 2.24) is 0 Å². The predicted octanol–water partition coefficient (Wildman–Crippen LogP) is 4.49. The summed E-state index contributed by atoms with van der Waals surface area (Å²) < 4.78 is 0.898. The van der Waals surface area contributed by atoms with Crippen molar-refractivity contribution >= 4 is 22.9 Å². The molecule has 0 radical (unpaired) electrons. The van der Waals surface area contributed by atoms with Gasteiger partial charge in [-0.2, -0.15) is 0 Å². The zero-order valence-corrected chi connectivity index (χ0v) is 12.1. The normalized spacial score (nSPS) is 29.5. The Labute approximate surface area is 113 Å². The van der Waals surface area contributed by atoms with Crippen molar-refractivity contribution in [3.8, 4) is 0 Å². The maximum absolute atomic E-state index is 6.26. The topological polar surface area (TPSA) is 26.0 Å². The van der Waals surface area contributed by atoms with Crippen LogP contribution in [0.5, 0.6) is 0 Å². The molecule has 0 saturated heterocycles. The summed E-state index contributed by atoms with van der Waals surface area (Å²) in [6.45, 7) is 2.28. The lowest BCUT2D eigenvalue weighted by atomic mass is 9.75. The van der Waals surface area contributed by atoms with E-state index in [1.165, 1.54) is 37.0 Å². The van der Waals surface area contributed by atoms with Crippen molar-refractivity contribution in [1.29, 1.82) is 0 Å². The number of halogens is 1. The second-order valence-electron chi connectivity index (χ2n) is 5.30. The molecule has 3 heteroatoms. The van der Waals surface area contributed by atoms with Crippen LogP contribution in [-0.4, -0.2) is 6.04 Å². The monoisotopic (exact) mass is 271 g/mol. The van der Waals surface area contributed by atoms with Gasteiger partial charge in [-0.3, -0.25) is 0 Å². The highest BCUT2D eigenvalue weighted by molar-refractivity contribution is 7.16. The summed E-state index contributed by atoms with van der Waals surface area (Å²) in [5.74, 6) is 1.57. The molecular weight excluding hydrogens is 250 g/mol. The molecule has 1 aromatic heterocycles.